The van der Waals surface area contributed by atoms with Gasteiger partial charge in [0.15, 0.2) is 5.82 Å². The third-order valence-corrected chi connectivity index (χ3v) is 7.80. The van der Waals surface area contributed by atoms with E-state index < -0.39 is 0 Å². The molecule has 0 bridgehead atoms. The van der Waals surface area contributed by atoms with E-state index in [0.29, 0.717) is 23.5 Å². The fraction of sp³-hybridized carbons (Fsp3) is 0.294. The zero-order chi connectivity index (χ0) is 30.7. The number of anilines is 4. The Kier molecular flexibility index (Phi) is 8.61. The summed E-state index contributed by atoms with van der Waals surface area (Å²) in [5, 5.41) is 3.18. The molecule has 3 N–H and O–H groups in total. The summed E-state index contributed by atoms with van der Waals surface area (Å²) in [6, 6.07) is 22.4. The molecular weight excluding hydrogens is 540 g/mol. The van der Waals surface area contributed by atoms with Crippen molar-refractivity contribution in [3.8, 4) is 11.3 Å². The maximum absolute atomic E-state index is 13.6. The number of hydrogen-bond acceptors (Lipinski definition) is 6. The van der Waals surface area contributed by atoms with Crippen LogP contribution in [0.15, 0.2) is 83.8 Å². The van der Waals surface area contributed by atoms with Crippen LogP contribution in [0.4, 0.5) is 22.9 Å². The van der Waals surface area contributed by atoms with Gasteiger partial charge >= 0.3 is 0 Å². The van der Waals surface area contributed by atoms with Gasteiger partial charge in [-0.25, -0.2) is 4.98 Å². The summed E-state index contributed by atoms with van der Waals surface area (Å²) in [6.07, 6.45) is 3.38. The SMILES string of the molecule is Cc1c(-c2cn(C)c(=O)c(Nc3ccc(N4CCCC4C(N)=O)cc3)n2)cccc1N(CC(C)C)C(=O)c1ccccc1. The van der Waals surface area contributed by atoms with Gasteiger partial charge in [0.2, 0.25) is 5.91 Å². The molecule has 222 valence electrons. The number of rotatable bonds is 9. The molecule has 0 spiro atoms. The van der Waals surface area contributed by atoms with Gasteiger partial charge in [-0.1, -0.05) is 44.2 Å². The molecule has 1 saturated heterocycles. The zero-order valence-corrected chi connectivity index (χ0v) is 25.1. The molecule has 2 heterocycles. The summed E-state index contributed by atoms with van der Waals surface area (Å²) in [6.45, 7) is 7.48. The summed E-state index contributed by atoms with van der Waals surface area (Å²) in [7, 11) is 1.70. The molecular formula is C34H38N6O3. The molecule has 43 heavy (non-hydrogen) atoms. The first-order chi connectivity index (χ1) is 20.6. The highest BCUT2D eigenvalue weighted by Crippen LogP contribution is 2.32. The molecule has 1 aliphatic heterocycles. The second kappa shape index (κ2) is 12.5. The molecule has 0 saturated carbocycles. The summed E-state index contributed by atoms with van der Waals surface area (Å²) < 4.78 is 1.51. The minimum atomic E-state index is -0.319. The summed E-state index contributed by atoms with van der Waals surface area (Å²) >= 11 is 0. The molecule has 1 atom stereocenters. The molecule has 1 unspecified atom stereocenters. The number of nitrogens with zero attached hydrogens (tertiary/aromatic N) is 4. The molecule has 1 aromatic heterocycles. The minimum absolute atomic E-state index is 0.0650. The van der Waals surface area contributed by atoms with Crippen LogP contribution < -0.4 is 26.4 Å². The summed E-state index contributed by atoms with van der Waals surface area (Å²) in [5.41, 5.74) is 10.7. The Morgan fingerprint density at radius 1 is 1.05 bits per heavy atom. The van der Waals surface area contributed by atoms with Crippen molar-refractivity contribution in [3.05, 3.63) is 100 Å². The standard InChI is InChI=1S/C34H38N6O3/c1-22(2)20-40(33(42)24-10-6-5-7-11-24)29-13-8-12-27(23(29)3)28-21-38(4)34(43)32(37-28)36-25-15-17-26(18-16-25)39-19-9-14-30(39)31(35)41/h5-8,10-13,15-18,21-22,30H,9,14,19-20H2,1-4H3,(H2,35,41)(H,36,37). The smallest absolute Gasteiger partial charge is 0.293 e. The molecule has 0 radical (unpaired) electrons. The predicted octanol–water partition coefficient (Wildman–Crippen LogP) is 5.26. The fourth-order valence-electron chi connectivity index (χ4n) is 5.65. The second-order valence-corrected chi connectivity index (χ2v) is 11.4. The van der Waals surface area contributed by atoms with Crippen LogP contribution in [-0.4, -0.2) is 40.5 Å². The Balaban J connectivity index is 1.46. The number of hydrogen-bond donors (Lipinski definition) is 2. The van der Waals surface area contributed by atoms with E-state index in [9.17, 15) is 14.4 Å². The van der Waals surface area contributed by atoms with E-state index in [1.165, 1.54) is 4.57 Å². The fourth-order valence-corrected chi connectivity index (χ4v) is 5.65. The van der Waals surface area contributed by atoms with Crippen LogP contribution in [0.5, 0.6) is 0 Å². The van der Waals surface area contributed by atoms with Crippen LogP contribution in [0, 0.1) is 12.8 Å². The molecule has 9 heteroatoms. The number of aryl methyl sites for hydroxylation is 1. The molecule has 1 fully saturated rings. The van der Waals surface area contributed by atoms with E-state index in [1.54, 1.807) is 13.2 Å². The average Bonchev–Trinajstić information content (AvgIpc) is 3.49. The van der Waals surface area contributed by atoms with Crippen molar-refractivity contribution in [1.82, 2.24) is 9.55 Å². The molecule has 3 aromatic carbocycles. The van der Waals surface area contributed by atoms with E-state index in [2.05, 4.69) is 19.2 Å². The zero-order valence-electron chi connectivity index (χ0n) is 25.1. The first-order valence-electron chi connectivity index (χ1n) is 14.6. The van der Waals surface area contributed by atoms with Crippen molar-refractivity contribution < 1.29 is 9.59 Å². The Morgan fingerprint density at radius 3 is 2.44 bits per heavy atom. The van der Waals surface area contributed by atoms with Gasteiger partial charge in [-0.3, -0.25) is 14.4 Å². The Hall–Kier alpha value is -4.92. The third-order valence-electron chi connectivity index (χ3n) is 7.80. The van der Waals surface area contributed by atoms with E-state index in [4.69, 9.17) is 10.7 Å². The lowest BCUT2D eigenvalue weighted by molar-refractivity contribution is -0.119. The highest BCUT2D eigenvalue weighted by molar-refractivity contribution is 6.07. The Labute approximate surface area is 252 Å². The summed E-state index contributed by atoms with van der Waals surface area (Å²) in [5.74, 6) is 0.0547. The number of primary amides is 1. The van der Waals surface area contributed by atoms with Crippen LogP contribution in [0.2, 0.25) is 0 Å². The summed E-state index contributed by atoms with van der Waals surface area (Å²) in [4.78, 5) is 47.2. The normalized spacial score (nSPS) is 14.6. The largest absolute Gasteiger partial charge is 0.368 e. The van der Waals surface area contributed by atoms with Gasteiger partial charge in [0.25, 0.3) is 11.5 Å². The number of nitrogens with one attached hydrogen (secondary N) is 1. The second-order valence-electron chi connectivity index (χ2n) is 11.4. The quantitative estimate of drug-likeness (QED) is 0.280. The van der Waals surface area contributed by atoms with Crippen molar-refractivity contribution in [2.24, 2.45) is 18.7 Å². The molecule has 5 rings (SSSR count). The number of aromatic nitrogens is 2. The van der Waals surface area contributed by atoms with E-state index >= 15 is 0 Å². The maximum atomic E-state index is 13.6. The maximum Gasteiger partial charge on any atom is 0.293 e. The molecule has 0 aliphatic carbocycles. The van der Waals surface area contributed by atoms with Crippen molar-refractivity contribution in [3.63, 3.8) is 0 Å². The lowest BCUT2D eigenvalue weighted by Gasteiger charge is -2.27. The highest BCUT2D eigenvalue weighted by atomic mass is 16.2. The number of benzene rings is 3. The van der Waals surface area contributed by atoms with Crippen molar-refractivity contribution in [1.29, 1.82) is 0 Å². The van der Waals surface area contributed by atoms with Crippen LogP contribution >= 0.6 is 0 Å². The van der Waals surface area contributed by atoms with Gasteiger partial charge in [0.05, 0.1) is 5.69 Å². The van der Waals surface area contributed by atoms with Gasteiger partial charge in [-0.15, -0.1) is 0 Å². The monoisotopic (exact) mass is 578 g/mol. The van der Waals surface area contributed by atoms with Crippen LogP contribution in [0.1, 0.15) is 42.6 Å². The van der Waals surface area contributed by atoms with Gasteiger partial charge < -0.3 is 25.4 Å². The van der Waals surface area contributed by atoms with Gasteiger partial charge in [0, 0.05) is 54.5 Å². The van der Waals surface area contributed by atoms with Gasteiger partial charge in [0.1, 0.15) is 6.04 Å². The average molecular weight is 579 g/mol. The molecule has 4 aromatic rings. The number of carbonyl (C=O) groups excluding carboxylic acids is 2. The number of carbonyl (C=O) groups is 2. The number of amides is 2. The first-order valence-corrected chi connectivity index (χ1v) is 14.6. The van der Waals surface area contributed by atoms with Crippen LogP contribution in [-0.2, 0) is 11.8 Å². The topological polar surface area (TPSA) is 114 Å². The first kappa shape index (κ1) is 29.6. The van der Waals surface area contributed by atoms with Crippen molar-refractivity contribution in [2.75, 3.05) is 28.2 Å². The Morgan fingerprint density at radius 2 is 1.77 bits per heavy atom. The van der Waals surface area contributed by atoms with Crippen LogP contribution in [0.3, 0.4) is 0 Å². The Bertz CT molecular complexity index is 1680. The van der Waals surface area contributed by atoms with Crippen molar-refractivity contribution >= 4 is 34.7 Å². The lowest BCUT2D eigenvalue weighted by Crippen LogP contribution is -2.40. The van der Waals surface area contributed by atoms with Crippen molar-refractivity contribution in [2.45, 2.75) is 39.7 Å². The molecule has 2 amide bonds. The van der Waals surface area contributed by atoms with E-state index in [0.717, 1.165) is 41.9 Å². The lowest BCUT2D eigenvalue weighted by atomic mass is 10.0. The van der Waals surface area contributed by atoms with Gasteiger partial charge in [-0.2, -0.15) is 0 Å². The molecule has 1 aliphatic rings. The highest BCUT2D eigenvalue weighted by Gasteiger charge is 2.29. The minimum Gasteiger partial charge on any atom is -0.368 e. The van der Waals surface area contributed by atoms with Gasteiger partial charge in [-0.05, 0) is 73.7 Å². The third kappa shape index (κ3) is 6.30. The number of nitrogens with two attached hydrogens (primary N) is 1. The van der Waals surface area contributed by atoms with E-state index in [-0.39, 0.29) is 35.2 Å². The molecule has 9 nitrogen and oxygen atoms in total. The van der Waals surface area contributed by atoms with E-state index in [1.807, 2.05) is 89.5 Å². The van der Waals surface area contributed by atoms with Crippen LogP contribution in [0.25, 0.3) is 11.3 Å². The predicted molar refractivity (Wildman–Crippen MR) is 172 cm³/mol.